The van der Waals surface area contributed by atoms with Gasteiger partial charge in [0.05, 0.1) is 0 Å². The molecule has 1 atom stereocenters. The zero-order valence-corrected chi connectivity index (χ0v) is 9.81. The summed E-state index contributed by atoms with van der Waals surface area (Å²) >= 11 is 0. The van der Waals surface area contributed by atoms with Crippen molar-refractivity contribution < 1.29 is 9.90 Å². The Hall–Kier alpha value is -1.35. The van der Waals surface area contributed by atoms with Crippen molar-refractivity contribution in [2.75, 3.05) is 0 Å². The first-order chi connectivity index (χ1) is 7.49. The SMILES string of the molecule is CC(C)C(N)CC(=O)Cc1ccc(O)cc1. The molecule has 0 saturated carbocycles. The summed E-state index contributed by atoms with van der Waals surface area (Å²) in [5.74, 6) is 0.686. The van der Waals surface area contributed by atoms with Crippen molar-refractivity contribution in [2.45, 2.75) is 32.7 Å². The predicted molar refractivity (Wildman–Crippen MR) is 64.2 cm³/mol. The van der Waals surface area contributed by atoms with Gasteiger partial charge in [0.25, 0.3) is 0 Å². The first-order valence-electron chi connectivity index (χ1n) is 5.54. The fourth-order valence-corrected chi connectivity index (χ4v) is 1.41. The molecule has 0 amide bonds. The third-order valence-electron chi connectivity index (χ3n) is 2.66. The summed E-state index contributed by atoms with van der Waals surface area (Å²) in [7, 11) is 0. The van der Waals surface area contributed by atoms with E-state index in [0.29, 0.717) is 18.8 Å². The molecular formula is C13H19NO2. The average molecular weight is 221 g/mol. The van der Waals surface area contributed by atoms with E-state index in [4.69, 9.17) is 10.8 Å². The zero-order chi connectivity index (χ0) is 12.1. The van der Waals surface area contributed by atoms with Gasteiger partial charge in [-0.05, 0) is 23.6 Å². The summed E-state index contributed by atoms with van der Waals surface area (Å²) in [6, 6.07) is 6.63. The summed E-state index contributed by atoms with van der Waals surface area (Å²) in [4.78, 5) is 11.7. The number of carbonyl (C=O) groups is 1. The van der Waals surface area contributed by atoms with E-state index in [-0.39, 0.29) is 17.6 Å². The maximum atomic E-state index is 11.7. The van der Waals surface area contributed by atoms with E-state index in [1.807, 2.05) is 13.8 Å². The Balaban J connectivity index is 2.48. The fourth-order valence-electron chi connectivity index (χ4n) is 1.41. The van der Waals surface area contributed by atoms with Crippen molar-refractivity contribution >= 4 is 5.78 Å². The number of nitrogens with two attached hydrogens (primary N) is 1. The van der Waals surface area contributed by atoms with Gasteiger partial charge < -0.3 is 10.8 Å². The maximum absolute atomic E-state index is 11.7. The van der Waals surface area contributed by atoms with E-state index in [1.54, 1.807) is 24.3 Å². The molecule has 0 radical (unpaired) electrons. The summed E-state index contributed by atoms with van der Waals surface area (Å²) in [6.45, 7) is 4.02. The van der Waals surface area contributed by atoms with Crippen molar-refractivity contribution in [3.63, 3.8) is 0 Å². The molecule has 1 unspecified atom stereocenters. The lowest BCUT2D eigenvalue weighted by atomic mass is 9.97. The molecule has 0 aliphatic carbocycles. The predicted octanol–water partition coefficient (Wildman–Crippen LogP) is 1.88. The Kier molecular flexibility index (Phi) is 4.50. The summed E-state index contributed by atoms with van der Waals surface area (Å²) in [5.41, 5.74) is 6.75. The highest BCUT2D eigenvalue weighted by atomic mass is 16.3. The van der Waals surface area contributed by atoms with E-state index < -0.39 is 0 Å². The Morgan fingerprint density at radius 1 is 1.31 bits per heavy atom. The van der Waals surface area contributed by atoms with Gasteiger partial charge in [-0.15, -0.1) is 0 Å². The molecular weight excluding hydrogens is 202 g/mol. The second-order valence-corrected chi connectivity index (χ2v) is 4.49. The molecule has 1 rings (SSSR count). The molecule has 3 nitrogen and oxygen atoms in total. The topological polar surface area (TPSA) is 63.3 Å². The van der Waals surface area contributed by atoms with Crippen LogP contribution in [0.15, 0.2) is 24.3 Å². The first-order valence-corrected chi connectivity index (χ1v) is 5.54. The second kappa shape index (κ2) is 5.66. The van der Waals surface area contributed by atoms with E-state index in [0.717, 1.165) is 5.56 Å². The Bertz CT molecular complexity index is 343. The maximum Gasteiger partial charge on any atom is 0.138 e. The quantitative estimate of drug-likeness (QED) is 0.798. The van der Waals surface area contributed by atoms with Gasteiger partial charge >= 0.3 is 0 Å². The van der Waals surface area contributed by atoms with Crippen LogP contribution in [0.5, 0.6) is 5.75 Å². The lowest BCUT2D eigenvalue weighted by Gasteiger charge is -2.14. The average Bonchev–Trinajstić information content (AvgIpc) is 2.21. The molecule has 0 fully saturated rings. The van der Waals surface area contributed by atoms with Crippen LogP contribution < -0.4 is 5.73 Å². The van der Waals surface area contributed by atoms with Gasteiger partial charge in [-0.3, -0.25) is 4.79 Å². The molecule has 1 aromatic carbocycles. The van der Waals surface area contributed by atoms with Gasteiger partial charge in [-0.2, -0.15) is 0 Å². The van der Waals surface area contributed by atoms with Crippen LogP contribution in [-0.4, -0.2) is 16.9 Å². The Morgan fingerprint density at radius 2 is 1.88 bits per heavy atom. The molecule has 0 spiro atoms. The van der Waals surface area contributed by atoms with Gasteiger partial charge in [0.15, 0.2) is 0 Å². The van der Waals surface area contributed by atoms with Gasteiger partial charge in [0, 0.05) is 18.9 Å². The molecule has 0 aromatic heterocycles. The molecule has 3 heteroatoms. The van der Waals surface area contributed by atoms with E-state index in [1.165, 1.54) is 0 Å². The van der Waals surface area contributed by atoms with E-state index in [9.17, 15) is 4.79 Å². The summed E-state index contributed by atoms with van der Waals surface area (Å²) in [5, 5.41) is 9.10. The van der Waals surface area contributed by atoms with Gasteiger partial charge in [-0.1, -0.05) is 26.0 Å². The van der Waals surface area contributed by atoms with Crippen molar-refractivity contribution in [2.24, 2.45) is 11.7 Å². The number of aromatic hydroxyl groups is 1. The summed E-state index contributed by atoms with van der Waals surface area (Å²) in [6.07, 6.45) is 0.805. The van der Waals surface area contributed by atoms with Crippen molar-refractivity contribution in [1.29, 1.82) is 0 Å². The summed E-state index contributed by atoms with van der Waals surface area (Å²) < 4.78 is 0. The van der Waals surface area contributed by atoms with Crippen LogP contribution in [0.4, 0.5) is 0 Å². The number of rotatable bonds is 5. The number of phenols is 1. The largest absolute Gasteiger partial charge is 0.508 e. The second-order valence-electron chi connectivity index (χ2n) is 4.49. The Morgan fingerprint density at radius 3 is 2.38 bits per heavy atom. The molecule has 1 aromatic rings. The molecule has 0 heterocycles. The van der Waals surface area contributed by atoms with E-state index >= 15 is 0 Å². The molecule has 3 N–H and O–H groups in total. The first kappa shape index (κ1) is 12.7. The van der Waals surface area contributed by atoms with Crippen LogP contribution in [0.2, 0.25) is 0 Å². The van der Waals surface area contributed by atoms with Crippen LogP contribution in [-0.2, 0) is 11.2 Å². The van der Waals surface area contributed by atoms with Crippen molar-refractivity contribution in [3.05, 3.63) is 29.8 Å². The molecule has 0 aliphatic rings. The van der Waals surface area contributed by atoms with Gasteiger partial charge in [0.1, 0.15) is 11.5 Å². The van der Waals surface area contributed by atoms with Gasteiger partial charge in [0.2, 0.25) is 0 Å². The normalized spacial score (nSPS) is 12.8. The van der Waals surface area contributed by atoms with E-state index in [2.05, 4.69) is 0 Å². The molecule has 0 aliphatic heterocycles. The molecule has 88 valence electrons. The van der Waals surface area contributed by atoms with Crippen molar-refractivity contribution in [3.8, 4) is 5.75 Å². The molecule has 0 bridgehead atoms. The van der Waals surface area contributed by atoms with Crippen LogP contribution in [0.3, 0.4) is 0 Å². The minimum atomic E-state index is -0.0652. The monoisotopic (exact) mass is 221 g/mol. The number of ketones is 1. The van der Waals surface area contributed by atoms with Crippen LogP contribution in [0.1, 0.15) is 25.8 Å². The lowest BCUT2D eigenvalue weighted by molar-refractivity contribution is -0.118. The smallest absolute Gasteiger partial charge is 0.138 e. The number of hydrogen-bond acceptors (Lipinski definition) is 3. The highest BCUT2D eigenvalue weighted by molar-refractivity contribution is 5.81. The minimum absolute atomic E-state index is 0.0652. The zero-order valence-electron chi connectivity index (χ0n) is 9.81. The van der Waals surface area contributed by atoms with Crippen LogP contribution in [0.25, 0.3) is 0 Å². The number of hydrogen-bond donors (Lipinski definition) is 2. The number of carbonyl (C=O) groups excluding carboxylic acids is 1. The van der Waals surface area contributed by atoms with Crippen molar-refractivity contribution in [1.82, 2.24) is 0 Å². The van der Waals surface area contributed by atoms with Crippen LogP contribution in [0, 0.1) is 5.92 Å². The number of phenolic OH excluding ortho intramolecular Hbond substituents is 1. The van der Waals surface area contributed by atoms with Crippen LogP contribution >= 0.6 is 0 Å². The minimum Gasteiger partial charge on any atom is -0.508 e. The fraction of sp³-hybridized carbons (Fsp3) is 0.462. The highest BCUT2D eigenvalue weighted by Gasteiger charge is 2.13. The standard InChI is InChI=1S/C13H19NO2/c1-9(2)13(14)8-12(16)7-10-3-5-11(15)6-4-10/h3-6,9,13,15H,7-8,14H2,1-2H3. The lowest BCUT2D eigenvalue weighted by Crippen LogP contribution is -2.29. The molecule has 16 heavy (non-hydrogen) atoms. The third-order valence-corrected chi connectivity index (χ3v) is 2.66. The highest BCUT2D eigenvalue weighted by Crippen LogP contribution is 2.12. The number of benzene rings is 1. The third kappa shape index (κ3) is 4.03. The number of Topliss-reactive ketones (excluding diaryl/α,β-unsaturated/α-hetero) is 1. The van der Waals surface area contributed by atoms with Gasteiger partial charge in [-0.25, -0.2) is 0 Å². The molecule has 0 saturated heterocycles. The Labute approximate surface area is 96.3 Å².